The zero-order valence-corrected chi connectivity index (χ0v) is 11.8. The number of hydrogen-bond acceptors (Lipinski definition) is 3. The molecule has 1 N–H and O–H groups in total. The summed E-state index contributed by atoms with van der Waals surface area (Å²) < 4.78 is 0. The lowest BCUT2D eigenvalue weighted by atomic mass is 9.94. The highest BCUT2D eigenvalue weighted by molar-refractivity contribution is 7.12. The summed E-state index contributed by atoms with van der Waals surface area (Å²) in [6.07, 6.45) is 6.86. The van der Waals surface area contributed by atoms with Crippen LogP contribution in [0.4, 0.5) is 0 Å². The van der Waals surface area contributed by atoms with E-state index >= 15 is 0 Å². The maximum Gasteiger partial charge on any atom is 0.104 e. The predicted octanol–water partition coefficient (Wildman–Crippen LogP) is 2.86. The van der Waals surface area contributed by atoms with Gasteiger partial charge in [-0.1, -0.05) is 31.1 Å². The SMILES string of the molecule is CN(Cc1ccc(C#CCO)s1)C1CCCCC1. The van der Waals surface area contributed by atoms with Gasteiger partial charge in [0.1, 0.15) is 6.61 Å². The zero-order valence-electron chi connectivity index (χ0n) is 11.0. The molecule has 1 saturated carbocycles. The zero-order chi connectivity index (χ0) is 12.8. The fraction of sp³-hybridized carbons (Fsp3) is 0.600. The summed E-state index contributed by atoms with van der Waals surface area (Å²) in [6.45, 7) is 0.964. The van der Waals surface area contributed by atoms with Crippen LogP contribution in [0.2, 0.25) is 0 Å². The van der Waals surface area contributed by atoms with Crippen molar-refractivity contribution >= 4 is 11.3 Å². The maximum absolute atomic E-state index is 8.67. The van der Waals surface area contributed by atoms with Gasteiger partial charge in [0.05, 0.1) is 4.88 Å². The Balaban J connectivity index is 1.90. The number of rotatable bonds is 3. The highest BCUT2D eigenvalue weighted by atomic mass is 32.1. The van der Waals surface area contributed by atoms with Crippen LogP contribution in [0.3, 0.4) is 0 Å². The third-order valence-electron chi connectivity index (χ3n) is 3.56. The number of aliphatic hydroxyl groups is 1. The van der Waals surface area contributed by atoms with Crippen molar-refractivity contribution in [1.29, 1.82) is 0 Å². The van der Waals surface area contributed by atoms with Crippen molar-refractivity contribution in [2.75, 3.05) is 13.7 Å². The van der Waals surface area contributed by atoms with Crippen LogP contribution in [0.15, 0.2) is 12.1 Å². The molecule has 0 amide bonds. The molecular formula is C15H21NOS. The van der Waals surface area contributed by atoms with Crippen LogP contribution >= 0.6 is 11.3 Å². The summed E-state index contributed by atoms with van der Waals surface area (Å²) in [4.78, 5) is 4.90. The number of thiophene rings is 1. The molecule has 1 aliphatic carbocycles. The van der Waals surface area contributed by atoms with Gasteiger partial charge in [-0.05, 0) is 32.0 Å². The molecule has 0 aromatic carbocycles. The summed E-state index contributed by atoms with van der Waals surface area (Å²) >= 11 is 1.74. The van der Waals surface area contributed by atoms with Gasteiger partial charge in [0.15, 0.2) is 0 Å². The molecule has 1 aromatic heterocycles. The lowest BCUT2D eigenvalue weighted by molar-refractivity contribution is 0.186. The molecule has 0 radical (unpaired) electrons. The molecule has 1 fully saturated rings. The maximum atomic E-state index is 8.67. The number of nitrogens with zero attached hydrogens (tertiary/aromatic N) is 1. The second kappa shape index (κ2) is 6.94. The molecule has 0 spiro atoms. The van der Waals surface area contributed by atoms with Gasteiger partial charge in [-0.3, -0.25) is 4.90 Å². The Hall–Kier alpha value is -0.820. The van der Waals surface area contributed by atoms with E-state index in [2.05, 4.69) is 35.9 Å². The molecule has 1 aliphatic rings. The van der Waals surface area contributed by atoms with Crippen LogP contribution in [-0.2, 0) is 6.54 Å². The molecule has 18 heavy (non-hydrogen) atoms. The van der Waals surface area contributed by atoms with Crippen molar-refractivity contribution in [3.05, 3.63) is 21.9 Å². The molecular weight excluding hydrogens is 242 g/mol. The summed E-state index contributed by atoms with van der Waals surface area (Å²) in [5.74, 6) is 5.66. The average molecular weight is 263 g/mol. The minimum absolute atomic E-state index is 0.0603. The minimum atomic E-state index is -0.0603. The van der Waals surface area contributed by atoms with E-state index in [1.54, 1.807) is 11.3 Å². The molecule has 2 rings (SSSR count). The Bertz CT molecular complexity index is 423. The summed E-state index contributed by atoms with van der Waals surface area (Å²) in [5.41, 5.74) is 0. The topological polar surface area (TPSA) is 23.5 Å². The van der Waals surface area contributed by atoms with Gasteiger partial charge < -0.3 is 5.11 Å². The normalized spacial score (nSPS) is 16.6. The molecule has 98 valence electrons. The molecule has 3 heteroatoms. The Morgan fingerprint density at radius 1 is 1.33 bits per heavy atom. The molecule has 2 nitrogen and oxygen atoms in total. The van der Waals surface area contributed by atoms with Crippen LogP contribution in [-0.4, -0.2) is 29.7 Å². The fourth-order valence-corrected chi connectivity index (χ4v) is 3.50. The first-order chi connectivity index (χ1) is 8.79. The minimum Gasteiger partial charge on any atom is -0.384 e. The van der Waals surface area contributed by atoms with Gasteiger partial charge >= 0.3 is 0 Å². The van der Waals surface area contributed by atoms with Crippen LogP contribution in [0, 0.1) is 11.8 Å². The standard InChI is InChI=1S/C15H21NOS/c1-16(13-6-3-2-4-7-13)12-15-10-9-14(18-15)8-5-11-17/h9-10,13,17H,2-4,6-7,11-12H2,1H3. The summed E-state index contributed by atoms with van der Waals surface area (Å²) in [5, 5.41) is 8.67. The van der Waals surface area contributed by atoms with E-state index in [0.717, 1.165) is 17.5 Å². The van der Waals surface area contributed by atoms with E-state index in [9.17, 15) is 0 Å². The van der Waals surface area contributed by atoms with Gasteiger partial charge in [0.25, 0.3) is 0 Å². The number of aliphatic hydroxyl groups excluding tert-OH is 1. The molecule has 0 bridgehead atoms. The van der Waals surface area contributed by atoms with E-state index in [1.807, 2.05) is 0 Å². The van der Waals surface area contributed by atoms with Gasteiger partial charge in [-0.2, -0.15) is 0 Å². The van der Waals surface area contributed by atoms with E-state index in [4.69, 9.17) is 5.11 Å². The van der Waals surface area contributed by atoms with Crippen molar-refractivity contribution in [2.24, 2.45) is 0 Å². The van der Waals surface area contributed by atoms with E-state index in [-0.39, 0.29) is 6.61 Å². The van der Waals surface area contributed by atoms with Crippen molar-refractivity contribution < 1.29 is 5.11 Å². The van der Waals surface area contributed by atoms with Crippen molar-refractivity contribution in [2.45, 2.75) is 44.7 Å². The highest BCUT2D eigenvalue weighted by Gasteiger charge is 2.18. The Morgan fingerprint density at radius 2 is 2.11 bits per heavy atom. The van der Waals surface area contributed by atoms with E-state index < -0.39 is 0 Å². The third kappa shape index (κ3) is 3.84. The van der Waals surface area contributed by atoms with Gasteiger partial charge in [-0.15, -0.1) is 11.3 Å². The Labute approximate surface area is 114 Å². The molecule has 1 aromatic rings. The lowest BCUT2D eigenvalue weighted by Crippen LogP contribution is -2.32. The lowest BCUT2D eigenvalue weighted by Gasteiger charge is -2.30. The summed E-state index contributed by atoms with van der Waals surface area (Å²) in [6, 6.07) is 4.97. The first kappa shape index (κ1) is 13.6. The fourth-order valence-electron chi connectivity index (χ4n) is 2.55. The third-order valence-corrected chi connectivity index (χ3v) is 4.54. The second-order valence-electron chi connectivity index (χ2n) is 4.93. The Morgan fingerprint density at radius 3 is 2.83 bits per heavy atom. The Kier molecular flexibility index (Phi) is 5.25. The van der Waals surface area contributed by atoms with Crippen LogP contribution < -0.4 is 0 Å². The van der Waals surface area contributed by atoms with Crippen molar-refractivity contribution in [3.63, 3.8) is 0 Å². The van der Waals surface area contributed by atoms with E-state index in [1.165, 1.54) is 37.0 Å². The number of hydrogen-bond donors (Lipinski definition) is 1. The highest BCUT2D eigenvalue weighted by Crippen LogP contribution is 2.24. The predicted molar refractivity (Wildman–Crippen MR) is 76.6 cm³/mol. The van der Waals surface area contributed by atoms with Gasteiger partial charge in [-0.25, -0.2) is 0 Å². The van der Waals surface area contributed by atoms with Crippen LogP contribution in [0.25, 0.3) is 0 Å². The van der Waals surface area contributed by atoms with Crippen LogP contribution in [0.1, 0.15) is 41.9 Å². The van der Waals surface area contributed by atoms with Gasteiger partial charge in [0, 0.05) is 17.5 Å². The van der Waals surface area contributed by atoms with Crippen LogP contribution in [0.5, 0.6) is 0 Å². The molecule has 0 unspecified atom stereocenters. The summed E-state index contributed by atoms with van der Waals surface area (Å²) in [7, 11) is 2.23. The molecule has 0 saturated heterocycles. The second-order valence-corrected chi connectivity index (χ2v) is 6.10. The molecule has 0 aliphatic heterocycles. The quantitative estimate of drug-likeness (QED) is 0.848. The van der Waals surface area contributed by atoms with Crippen molar-refractivity contribution in [1.82, 2.24) is 4.90 Å². The molecule has 1 heterocycles. The first-order valence-corrected chi connectivity index (χ1v) is 7.50. The van der Waals surface area contributed by atoms with E-state index in [0.29, 0.717) is 0 Å². The smallest absolute Gasteiger partial charge is 0.104 e. The first-order valence-electron chi connectivity index (χ1n) is 6.68. The average Bonchev–Trinajstić information content (AvgIpc) is 2.85. The van der Waals surface area contributed by atoms with Crippen molar-refractivity contribution in [3.8, 4) is 11.8 Å². The van der Waals surface area contributed by atoms with Gasteiger partial charge in [0.2, 0.25) is 0 Å². The monoisotopic (exact) mass is 263 g/mol. The largest absolute Gasteiger partial charge is 0.384 e. The molecule has 0 atom stereocenters.